The third-order valence-corrected chi connectivity index (χ3v) is 5.17. The molecule has 2 aliphatic rings. The van der Waals surface area contributed by atoms with Crippen LogP contribution in [0.15, 0.2) is 0 Å². The SMILES string of the molecule is CCC(CC)(CN)C(=O)N1CCN(CC(=O)NC2CC2)CC1.Cl.Cl. The van der Waals surface area contributed by atoms with Crippen molar-refractivity contribution in [2.45, 2.75) is 45.6 Å². The van der Waals surface area contributed by atoms with Crippen LogP contribution in [0.4, 0.5) is 0 Å². The number of nitrogens with zero attached hydrogens (tertiary/aromatic N) is 2. The van der Waals surface area contributed by atoms with Crippen LogP contribution in [0, 0.1) is 5.41 Å². The van der Waals surface area contributed by atoms with Crippen LogP contribution in [-0.4, -0.2) is 66.9 Å². The Morgan fingerprint density at radius 1 is 1.08 bits per heavy atom. The van der Waals surface area contributed by atoms with Gasteiger partial charge in [-0.05, 0) is 25.7 Å². The van der Waals surface area contributed by atoms with E-state index in [1.807, 2.05) is 18.7 Å². The van der Waals surface area contributed by atoms with Gasteiger partial charge < -0.3 is 16.0 Å². The molecule has 2 rings (SSSR count). The van der Waals surface area contributed by atoms with Gasteiger partial charge in [0.2, 0.25) is 11.8 Å². The highest BCUT2D eigenvalue weighted by Crippen LogP contribution is 2.28. The summed E-state index contributed by atoms with van der Waals surface area (Å²) in [5.74, 6) is 0.294. The van der Waals surface area contributed by atoms with Crippen LogP contribution in [0.1, 0.15) is 39.5 Å². The maximum Gasteiger partial charge on any atom is 0.234 e. The van der Waals surface area contributed by atoms with Gasteiger partial charge in [0, 0.05) is 38.8 Å². The second-order valence-corrected chi connectivity index (χ2v) is 6.60. The van der Waals surface area contributed by atoms with Crippen LogP contribution in [-0.2, 0) is 9.59 Å². The van der Waals surface area contributed by atoms with E-state index in [2.05, 4.69) is 10.2 Å². The average molecular weight is 383 g/mol. The van der Waals surface area contributed by atoms with E-state index in [0.717, 1.165) is 38.8 Å². The highest BCUT2D eigenvalue weighted by atomic mass is 35.5. The van der Waals surface area contributed by atoms with E-state index in [9.17, 15) is 9.59 Å². The zero-order valence-electron chi connectivity index (χ0n) is 14.8. The molecule has 0 bridgehead atoms. The highest BCUT2D eigenvalue weighted by Gasteiger charge is 2.38. The molecule has 1 aliphatic heterocycles. The minimum Gasteiger partial charge on any atom is -0.352 e. The molecule has 24 heavy (non-hydrogen) atoms. The van der Waals surface area contributed by atoms with Crippen molar-refractivity contribution in [1.29, 1.82) is 0 Å². The van der Waals surface area contributed by atoms with Crippen LogP contribution in [0.25, 0.3) is 0 Å². The summed E-state index contributed by atoms with van der Waals surface area (Å²) in [5, 5.41) is 3.01. The molecule has 2 amide bonds. The summed E-state index contributed by atoms with van der Waals surface area (Å²) in [6.45, 7) is 7.83. The molecule has 1 saturated heterocycles. The molecule has 0 unspecified atom stereocenters. The van der Waals surface area contributed by atoms with Crippen LogP contribution < -0.4 is 11.1 Å². The third kappa shape index (κ3) is 5.76. The van der Waals surface area contributed by atoms with Crippen LogP contribution in [0.3, 0.4) is 0 Å². The summed E-state index contributed by atoms with van der Waals surface area (Å²) in [4.78, 5) is 28.6. The molecule has 1 aliphatic carbocycles. The second kappa shape index (κ2) is 10.4. The van der Waals surface area contributed by atoms with Crippen LogP contribution in [0.5, 0.6) is 0 Å². The Morgan fingerprint density at radius 3 is 2.04 bits per heavy atom. The molecule has 1 heterocycles. The first-order valence-corrected chi connectivity index (χ1v) is 8.55. The minimum absolute atomic E-state index is 0. The highest BCUT2D eigenvalue weighted by molar-refractivity contribution is 5.85. The monoisotopic (exact) mass is 382 g/mol. The summed E-state index contributed by atoms with van der Waals surface area (Å²) in [5.41, 5.74) is 5.46. The lowest BCUT2D eigenvalue weighted by Gasteiger charge is -2.40. The molecule has 0 atom stereocenters. The predicted octanol–water partition coefficient (Wildman–Crippen LogP) is 1.02. The Labute approximate surface area is 157 Å². The van der Waals surface area contributed by atoms with Gasteiger partial charge in [-0.2, -0.15) is 0 Å². The van der Waals surface area contributed by atoms with Gasteiger partial charge in [-0.15, -0.1) is 24.8 Å². The molecule has 0 aromatic carbocycles. The lowest BCUT2D eigenvalue weighted by atomic mass is 9.81. The number of carbonyl (C=O) groups excluding carboxylic acids is 2. The number of nitrogens with one attached hydrogen (secondary N) is 1. The number of hydrogen-bond acceptors (Lipinski definition) is 4. The van der Waals surface area contributed by atoms with Gasteiger partial charge in [-0.1, -0.05) is 13.8 Å². The molecule has 0 spiro atoms. The van der Waals surface area contributed by atoms with Crippen LogP contribution >= 0.6 is 24.8 Å². The zero-order valence-corrected chi connectivity index (χ0v) is 16.4. The topological polar surface area (TPSA) is 78.7 Å². The molecular weight excluding hydrogens is 351 g/mol. The summed E-state index contributed by atoms with van der Waals surface area (Å²) in [7, 11) is 0. The summed E-state index contributed by atoms with van der Waals surface area (Å²) >= 11 is 0. The fourth-order valence-electron chi connectivity index (χ4n) is 3.08. The van der Waals surface area contributed by atoms with Gasteiger partial charge in [0.05, 0.1) is 12.0 Å². The first-order valence-electron chi connectivity index (χ1n) is 8.55. The fraction of sp³-hybridized carbons (Fsp3) is 0.875. The molecule has 2 fully saturated rings. The quantitative estimate of drug-likeness (QED) is 0.688. The van der Waals surface area contributed by atoms with E-state index in [-0.39, 0.29) is 36.6 Å². The lowest BCUT2D eigenvalue weighted by molar-refractivity contribution is -0.144. The standard InChI is InChI=1S/C16H30N4O2.2ClH/c1-3-16(4-2,12-17)15(22)20-9-7-19(8-10-20)11-14(21)18-13-5-6-13;;/h13H,3-12,17H2,1-2H3,(H,18,21);2*1H. The van der Waals surface area contributed by atoms with Crippen molar-refractivity contribution < 1.29 is 9.59 Å². The minimum atomic E-state index is -0.411. The number of nitrogens with two attached hydrogens (primary N) is 1. The smallest absolute Gasteiger partial charge is 0.234 e. The molecule has 0 radical (unpaired) electrons. The number of amides is 2. The van der Waals surface area contributed by atoms with E-state index in [1.54, 1.807) is 0 Å². The number of rotatable bonds is 7. The molecule has 142 valence electrons. The Bertz CT molecular complexity index is 399. The second-order valence-electron chi connectivity index (χ2n) is 6.60. The predicted molar refractivity (Wildman–Crippen MR) is 101 cm³/mol. The third-order valence-electron chi connectivity index (χ3n) is 5.17. The molecule has 0 aromatic rings. The van der Waals surface area contributed by atoms with Gasteiger partial charge in [-0.25, -0.2) is 0 Å². The fourth-order valence-corrected chi connectivity index (χ4v) is 3.08. The number of carbonyl (C=O) groups is 2. The van der Waals surface area contributed by atoms with Crippen LogP contribution in [0.2, 0.25) is 0 Å². The maximum atomic E-state index is 12.7. The Balaban J connectivity index is 0.00000264. The van der Waals surface area contributed by atoms with Crippen molar-refractivity contribution in [3.8, 4) is 0 Å². The number of piperazine rings is 1. The number of hydrogen-bond donors (Lipinski definition) is 2. The largest absolute Gasteiger partial charge is 0.352 e. The van der Waals surface area contributed by atoms with Gasteiger partial charge >= 0.3 is 0 Å². The summed E-state index contributed by atoms with van der Waals surface area (Å²) in [6, 6.07) is 0.412. The zero-order chi connectivity index (χ0) is 16.2. The Kier molecular flexibility index (Phi) is 10.2. The normalized spacial score (nSPS) is 18.4. The van der Waals surface area contributed by atoms with Crippen molar-refractivity contribution in [1.82, 2.24) is 15.1 Å². The summed E-state index contributed by atoms with van der Waals surface area (Å²) < 4.78 is 0. The van der Waals surface area contributed by atoms with Crippen molar-refractivity contribution in [2.24, 2.45) is 11.1 Å². The number of halogens is 2. The van der Waals surface area contributed by atoms with Gasteiger partial charge in [0.1, 0.15) is 0 Å². The molecule has 0 aromatic heterocycles. The Morgan fingerprint density at radius 2 is 1.62 bits per heavy atom. The maximum absolute atomic E-state index is 12.7. The molecule has 8 heteroatoms. The van der Waals surface area contributed by atoms with E-state index in [4.69, 9.17) is 5.73 Å². The molecule has 6 nitrogen and oxygen atoms in total. The van der Waals surface area contributed by atoms with E-state index >= 15 is 0 Å². The van der Waals surface area contributed by atoms with Gasteiger partial charge in [0.25, 0.3) is 0 Å². The molecular formula is C16H32Cl2N4O2. The Hall–Kier alpha value is -0.560. The van der Waals surface area contributed by atoms with Crippen molar-refractivity contribution in [3.05, 3.63) is 0 Å². The van der Waals surface area contributed by atoms with Crippen molar-refractivity contribution in [3.63, 3.8) is 0 Å². The molecule has 1 saturated carbocycles. The van der Waals surface area contributed by atoms with Crippen molar-refractivity contribution in [2.75, 3.05) is 39.3 Å². The lowest BCUT2D eigenvalue weighted by Crippen LogP contribution is -2.55. The first kappa shape index (κ1) is 23.4. The van der Waals surface area contributed by atoms with Gasteiger partial charge in [0.15, 0.2) is 0 Å². The van der Waals surface area contributed by atoms with E-state index in [1.165, 1.54) is 0 Å². The van der Waals surface area contributed by atoms with E-state index in [0.29, 0.717) is 32.2 Å². The van der Waals surface area contributed by atoms with Gasteiger partial charge in [-0.3, -0.25) is 14.5 Å². The van der Waals surface area contributed by atoms with Crippen molar-refractivity contribution >= 4 is 36.6 Å². The first-order chi connectivity index (χ1) is 10.5. The summed E-state index contributed by atoms with van der Waals surface area (Å²) in [6.07, 6.45) is 3.79. The molecule has 3 N–H and O–H groups in total. The average Bonchev–Trinajstić information content (AvgIpc) is 3.34. The van der Waals surface area contributed by atoms with E-state index < -0.39 is 5.41 Å².